The van der Waals surface area contributed by atoms with Crippen molar-refractivity contribution in [1.82, 2.24) is 19.7 Å². The molecular weight excluding hydrogens is 395 g/mol. The number of anilines is 2. The average molecular weight is 416 g/mol. The van der Waals surface area contributed by atoms with Crippen molar-refractivity contribution in [1.29, 1.82) is 0 Å². The third kappa shape index (κ3) is 2.94. The van der Waals surface area contributed by atoms with Crippen molar-refractivity contribution in [3.05, 3.63) is 66.1 Å². The fraction of sp³-hybridized carbons (Fsp3) is 0.217. The summed E-state index contributed by atoms with van der Waals surface area (Å²) in [4.78, 5) is 12.9. The molecule has 3 N–H and O–H groups in total. The Morgan fingerprint density at radius 2 is 1.97 bits per heavy atom. The van der Waals surface area contributed by atoms with E-state index in [1.165, 1.54) is 6.07 Å². The number of para-hydroxylation sites is 2. The van der Waals surface area contributed by atoms with Crippen LogP contribution in [-0.2, 0) is 24.3 Å². The van der Waals surface area contributed by atoms with Gasteiger partial charge in [0.2, 0.25) is 5.91 Å². The van der Waals surface area contributed by atoms with Gasteiger partial charge in [0, 0.05) is 23.6 Å². The van der Waals surface area contributed by atoms with Gasteiger partial charge in [-0.05, 0) is 48.4 Å². The summed E-state index contributed by atoms with van der Waals surface area (Å²) >= 11 is 0. The number of halogens is 1. The minimum absolute atomic E-state index is 0.0628. The molecule has 4 aromatic rings. The molecule has 0 spiro atoms. The standard InChI is InChI=1S/C23H21FN6O/c24-14-5-6-19-16(11-14)15-8-10-30-20(7-9-26-30)23(15)29(19)13-22(31)25-12-21-27-17-3-1-2-4-18(17)28-21/h1-7,9,11,21,27-28H,8,10,12-13H2,(H,25,31). The van der Waals surface area contributed by atoms with E-state index in [0.717, 1.165) is 52.2 Å². The monoisotopic (exact) mass is 416 g/mol. The molecule has 0 saturated carbocycles. The zero-order valence-corrected chi connectivity index (χ0v) is 16.7. The van der Waals surface area contributed by atoms with E-state index in [-0.39, 0.29) is 24.4 Å². The summed E-state index contributed by atoms with van der Waals surface area (Å²) in [7, 11) is 0. The Bertz CT molecular complexity index is 1300. The highest BCUT2D eigenvalue weighted by atomic mass is 19.1. The summed E-state index contributed by atoms with van der Waals surface area (Å²) in [6.07, 6.45) is 2.46. The molecule has 2 aromatic carbocycles. The highest BCUT2D eigenvalue weighted by molar-refractivity contribution is 5.93. The Balaban J connectivity index is 1.27. The molecule has 0 bridgehead atoms. The molecule has 0 unspecified atom stereocenters. The van der Waals surface area contributed by atoms with Gasteiger partial charge < -0.3 is 20.5 Å². The van der Waals surface area contributed by atoms with Crippen LogP contribution in [0.25, 0.3) is 22.3 Å². The molecule has 2 aliphatic rings. The first-order chi connectivity index (χ1) is 15.2. The number of rotatable bonds is 4. The van der Waals surface area contributed by atoms with Gasteiger partial charge in [-0.15, -0.1) is 0 Å². The minimum atomic E-state index is -0.270. The Kier molecular flexibility index (Phi) is 3.99. The second-order valence-electron chi connectivity index (χ2n) is 7.96. The Morgan fingerprint density at radius 3 is 2.77 bits per heavy atom. The van der Waals surface area contributed by atoms with Crippen LogP contribution in [0.2, 0.25) is 0 Å². The fourth-order valence-corrected chi connectivity index (χ4v) is 4.70. The smallest absolute Gasteiger partial charge is 0.240 e. The second-order valence-corrected chi connectivity index (χ2v) is 7.96. The zero-order valence-electron chi connectivity index (χ0n) is 16.7. The van der Waals surface area contributed by atoms with Crippen molar-refractivity contribution in [2.45, 2.75) is 25.7 Å². The Morgan fingerprint density at radius 1 is 1.16 bits per heavy atom. The van der Waals surface area contributed by atoms with E-state index in [1.54, 1.807) is 18.3 Å². The van der Waals surface area contributed by atoms with E-state index in [9.17, 15) is 9.18 Å². The summed E-state index contributed by atoms with van der Waals surface area (Å²) < 4.78 is 17.9. The zero-order chi connectivity index (χ0) is 20.9. The van der Waals surface area contributed by atoms with Gasteiger partial charge in [0.15, 0.2) is 0 Å². The van der Waals surface area contributed by atoms with Gasteiger partial charge in [-0.3, -0.25) is 9.48 Å². The number of carbonyl (C=O) groups excluding carboxylic acids is 1. The quantitative estimate of drug-likeness (QED) is 0.478. The largest absolute Gasteiger partial charge is 0.362 e. The van der Waals surface area contributed by atoms with Crippen LogP contribution in [0, 0.1) is 5.82 Å². The van der Waals surface area contributed by atoms with E-state index in [2.05, 4.69) is 21.0 Å². The van der Waals surface area contributed by atoms with Gasteiger partial charge in [0.25, 0.3) is 0 Å². The Hall–Kier alpha value is -3.81. The predicted octanol–water partition coefficient (Wildman–Crippen LogP) is 3.18. The number of fused-ring (bicyclic) bond motifs is 6. The van der Waals surface area contributed by atoms with Crippen LogP contribution in [-0.4, -0.2) is 33.0 Å². The van der Waals surface area contributed by atoms with Gasteiger partial charge in [0.1, 0.15) is 18.5 Å². The molecule has 2 aliphatic heterocycles. The van der Waals surface area contributed by atoms with Crippen molar-refractivity contribution >= 4 is 28.2 Å². The Labute approximate surface area is 177 Å². The van der Waals surface area contributed by atoms with Gasteiger partial charge in [-0.25, -0.2) is 4.39 Å². The first-order valence-electron chi connectivity index (χ1n) is 10.4. The third-order valence-corrected chi connectivity index (χ3v) is 6.05. The van der Waals surface area contributed by atoms with Crippen LogP contribution in [0.4, 0.5) is 15.8 Å². The van der Waals surface area contributed by atoms with E-state index < -0.39 is 0 Å². The van der Waals surface area contributed by atoms with Crippen molar-refractivity contribution < 1.29 is 9.18 Å². The van der Waals surface area contributed by atoms with Crippen LogP contribution < -0.4 is 16.0 Å². The molecule has 6 rings (SSSR count). The summed E-state index contributed by atoms with van der Waals surface area (Å²) in [5.74, 6) is -0.367. The van der Waals surface area contributed by atoms with Crippen molar-refractivity contribution in [3.8, 4) is 11.4 Å². The maximum Gasteiger partial charge on any atom is 0.240 e. The van der Waals surface area contributed by atoms with Crippen molar-refractivity contribution in [3.63, 3.8) is 0 Å². The third-order valence-electron chi connectivity index (χ3n) is 6.05. The molecule has 0 fully saturated rings. The van der Waals surface area contributed by atoms with Gasteiger partial charge >= 0.3 is 0 Å². The predicted molar refractivity (Wildman–Crippen MR) is 117 cm³/mol. The topological polar surface area (TPSA) is 75.9 Å². The second kappa shape index (κ2) is 6.87. The fourth-order valence-electron chi connectivity index (χ4n) is 4.70. The summed E-state index contributed by atoms with van der Waals surface area (Å²) in [5.41, 5.74) is 5.90. The maximum absolute atomic E-state index is 14.0. The average Bonchev–Trinajstić information content (AvgIpc) is 3.47. The molecule has 0 atom stereocenters. The number of hydrogen-bond acceptors (Lipinski definition) is 4. The number of hydrogen-bond donors (Lipinski definition) is 3. The van der Waals surface area contributed by atoms with Crippen LogP contribution in [0.15, 0.2) is 54.7 Å². The molecule has 7 nitrogen and oxygen atoms in total. The normalized spacial score (nSPS) is 14.5. The van der Waals surface area contributed by atoms with Crippen LogP contribution in [0.3, 0.4) is 0 Å². The summed E-state index contributed by atoms with van der Waals surface area (Å²) in [6.45, 7) is 1.35. The molecule has 2 aromatic heterocycles. The molecule has 8 heteroatoms. The molecule has 31 heavy (non-hydrogen) atoms. The van der Waals surface area contributed by atoms with E-state index >= 15 is 0 Å². The SMILES string of the molecule is O=C(Cn1c2c(c3cc(F)ccc31)CCn1nccc1-2)NCC1Nc2ccccc2N1. The maximum atomic E-state index is 14.0. The van der Waals surface area contributed by atoms with Crippen LogP contribution in [0.1, 0.15) is 5.56 Å². The molecule has 156 valence electrons. The number of aryl methyl sites for hydroxylation is 2. The summed E-state index contributed by atoms with van der Waals surface area (Å²) in [5, 5.41) is 15.0. The molecule has 0 aliphatic carbocycles. The van der Waals surface area contributed by atoms with Gasteiger partial charge in [-0.1, -0.05) is 12.1 Å². The van der Waals surface area contributed by atoms with E-state index in [0.29, 0.717) is 6.54 Å². The lowest BCUT2D eigenvalue weighted by Gasteiger charge is -2.19. The van der Waals surface area contributed by atoms with Crippen LogP contribution >= 0.6 is 0 Å². The lowest BCUT2D eigenvalue weighted by molar-refractivity contribution is -0.121. The molecule has 0 saturated heterocycles. The highest BCUT2D eigenvalue weighted by Gasteiger charge is 2.26. The first-order valence-corrected chi connectivity index (χ1v) is 10.4. The van der Waals surface area contributed by atoms with E-state index in [1.807, 2.05) is 39.6 Å². The number of carbonyl (C=O) groups is 1. The highest BCUT2D eigenvalue weighted by Crippen LogP contribution is 2.37. The van der Waals surface area contributed by atoms with Crippen molar-refractivity contribution in [2.24, 2.45) is 0 Å². The summed E-state index contributed by atoms with van der Waals surface area (Å²) in [6, 6.07) is 14.7. The lowest BCUT2D eigenvalue weighted by atomic mass is 10.0. The number of benzene rings is 2. The number of nitrogens with one attached hydrogen (secondary N) is 3. The molecular formula is C23H21FN6O. The molecule has 0 radical (unpaired) electrons. The lowest BCUT2D eigenvalue weighted by Crippen LogP contribution is -2.39. The number of aromatic nitrogens is 3. The minimum Gasteiger partial charge on any atom is -0.362 e. The van der Waals surface area contributed by atoms with Crippen LogP contribution in [0.5, 0.6) is 0 Å². The molecule has 4 heterocycles. The van der Waals surface area contributed by atoms with Crippen molar-refractivity contribution in [2.75, 3.05) is 17.2 Å². The first kappa shape index (κ1) is 18.0. The van der Waals surface area contributed by atoms with E-state index in [4.69, 9.17) is 0 Å². The molecule has 1 amide bonds. The van der Waals surface area contributed by atoms with Gasteiger partial charge in [-0.2, -0.15) is 5.10 Å². The van der Waals surface area contributed by atoms with Gasteiger partial charge in [0.05, 0.1) is 29.3 Å². The number of amides is 1. The number of nitrogens with zero attached hydrogens (tertiary/aromatic N) is 3.